The molecule has 3 atom stereocenters. The molecule has 1 amide bonds. The third-order valence-electron chi connectivity index (χ3n) is 5.54. The number of rotatable bonds is 4. The van der Waals surface area contributed by atoms with Crippen molar-refractivity contribution < 1.29 is 4.79 Å². The summed E-state index contributed by atoms with van der Waals surface area (Å²) in [5.74, 6) is 0.553. The lowest BCUT2D eigenvalue weighted by Gasteiger charge is -2.30. The Morgan fingerprint density at radius 2 is 1.96 bits per heavy atom. The van der Waals surface area contributed by atoms with E-state index in [0.717, 1.165) is 36.5 Å². The highest BCUT2D eigenvalue weighted by Gasteiger charge is 2.25. The summed E-state index contributed by atoms with van der Waals surface area (Å²) in [6, 6.07) is 12.9. The average Bonchev–Trinajstić information content (AvgIpc) is 2.91. The normalized spacial score (nSPS) is 20.9. The zero-order valence-electron chi connectivity index (χ0n) is 16.1. The minimum Gasteiger partial charge on any atom is -0.348 e. The Morgan fingerprint density at radius 1 is 1.27 bits per heavy atom. The van der Waals surface area contributed by atoms with Gasteiger partial charge in [-0.15, -0.1) is 12.4 Å². The first-order valence-corrected chi connectivity index (χ1v) is 9.24. The molecule has 0 bridgehead atoms. The highest BCUT2D eigenvalue weighted by molar-refractivity contribution is 5.96. The van der Waals surface area contributed by atoms with E-state index in [2.05, 4.69) is 60.2 Å². The average molecular weight is 376 g/mol. The van der Waals surface area contributed by atoms with Crippen molar-refractivity contribution in [2.45, 2.75) is 46.2 Å². The molecule has 0 spiro atoms. The number of nitrogens with zero attached hydrogens (tertiary/aromatic N) is 1. The number of carbonyl (C=O) groups is 1. The van der Waals surface area contributed by atoms with Gasteiger partial charge in [0, 0.05) is 24.0 Å². The van der Waals surface area contributed by atoms with Gasteiger partial charge in [0.05, 0.1) is 11.6 Å². The smallest absolute Gasteiger partial charge is 0.253 e. The molecule has 1 aliphatic heterocycles. The van der Waals surface area contributed by atoms with Crippen LogP contribution >= 0.6 is 12.4 Å². The molecule has 3 rings (SSSR count). The number of piperidine rings is 1. The van der Waals surface area contributed by atoms with Crippen molar-refractivity contribution in [1.82, 2.24) is 15.2 Å². The van der Waals surface area contributed by atoms with Crippen LogP contribution in [0.25, 0.3) is 0 Å². The van der Waals surface area contributed by atoms with Gasteiger partial charge in [0.1, 0.15) is 0 Å². The molecule has 142 valence electrons. The third-order valence-corrected chi connectivity index (χ3v) is 5.54. The van der Waals surface area contributed by atoms with Gasteiger partial charge in [-0.3, -0.25) is 4.79 Å². The minimum atomic E-state index is 0. The second kappa shape index (κ2) is 8.74. The van der Waals surface area contributed by atoms with E-state index in [1.54, 1.807) is 0 Å². The van der Waals surface area contributed by atoms with Crippen LogP contribution < -0.4 is 10.6 Å². The fraction of sp³-hybridized carbons (Fsp3) is 0.476. The van der Waals surface area contributed by atoms with Gasteiger partial charge < -0.3 is 15.2 Å². The lowest BCUT2D eigenvalue weighted by Crippen LogP contribution is -2.50. The minimum absolute atomic E-state index is 0. The van der Waals surface area contributed by atoms with E-state index in [9.17, 15) is 4.79 Å². The number of carbonyl (C=O) groups excluding carboxylic acids is 1. The number of benzene rings is 1. The van der Waals surface area contributed by atoms with Gasteiger partial charge >= 0.3 is 0 Å². The molecule has 26 heavy (non-hydrogen) atoms. The Morgan fingerprint density at radius 3 is 2.62 bits per heavy atom. The van der Waals surface area contributed by atoms with Crippen molar-refractivity contribution in [3.05, 3.63) is 58.9 Å². The molecule has 1 aromatic carbocycles. The molecule has 1 fully saturated rings. The largest absolute Gasteiger partial charge is 0.348 e. The Bertz CT molecular complexity index is 741. The van der Waals surface area contributed by atoms with Gasteiger partial charge in [0.25, 0.3) is 5.91 Å². The molecule has 1 saturated heterocycles. The van der Waals surface area contributed by atoms with E-state index >= 15 is 0 Å². The predicted octanol–water partition coefficient (Wildman–Crippen LogP) is 3.86. The molecular weight excluding hydrogens is 346 g/mol. The fourth-order valence-corrected chi connectivity index (χ4v) is 3.91. The zero-order chi connectivity index (χ0) is 18.0. The van der Waals surface area contributed by atoms with Crippen molar-refractivity contribution in [2.75, 3.05) is 13.1 Å². The molecule has 2 N–H and O–H groups in total. The highest BCUT2D eigenvalue weighted by Crippen LogP contribution is 2.25. The van der Waals surface area contributed by atoms with E-state index in [1.165, 1.54) is 5.56 Å². The van der Waals surface area contributed by atoms with Crippen molar-refractivity contribution >= 4 is 18.3 Å². The van der Waals surface area contributed by atoms with Crippen molar-refractivity contribution in [3.63, 3.8) is 0 Å². The topological polar surface area (TPSA) is 46.1 Å². The molecule has 2 heterocycles. The second-order valence-corrected chi connectivity index (χ2v) is 7.29. The third kappa shape index (κ3) is 4.13. The molecule has 1 aromatic heterocycles. The predicted molar refractivity (Wildman–Crippen MR) is 109 cm³/mol. The number of nitrogens with one attached hydrogen (secondary N) is 2. The van der Waals surface area contributed by atoms with Gasteiger partial charge in [-0.1, -0.05) is 37.3 Å². The lowest BCUT2D eigenvalue weighted by molar-refractivity contribution is 0.0914. The van der Waals surface area contributed by atoms with Crippen molar-refractivity contribution in [1.29, 1.82) is 0 Å². The molecule has 2 aromatic rings. The van der Waals surface area contributed by atoms with E-state index in [0.29, 0.717) is 5.92 Å². The Kier molecular flexibility index (Phi) is 6.90. The summed E-state index contributed by atoms with van der Waals surface area (Å²) < 4.78 is 2.26. The van der Waals surface area contributed by atoms with Crippen LogP contribution in [0.2, 0.25) is 0 Å². The summed E-state index contributed by atoms with van der Waals surface area (Å²) in [5.41, 5.74) is 4.19. The number of hydrogen-bond donors (Lipinski definition) is 2. The first-order valence-electron chi connectivity index (χ1n) is 9.24. The lowest BCUT2D eigenvalue weighted by atomic mass is 9.94. The van der Waals surface area contributed by atoms with Crippen molar-refractivity contribution in [3.8, 4) is 0 Å². The van der Waals surface area contributed by atoms with Crippen LogP contribution in [0.15, 0.2) is 36.4 Å². The molecule has 4 nitrogen and oxygen atoms in total. The summed E-state index contributed by atoms with van der Waals surface area (Å²) in [5, 5.41) is 6.60. The second-order valence-electron chi connectivity index (χ2n) is 7.29. The fourth-order valence-electron chi connectivity index (χ4n) is 3.91. The van der Waals surface area contributed by atoms with E-state index in [-0.39, 0.29) is 30.4 Å². The standard InChI is InChI=1S/C21H29N3O.ClH/c1-14-10-11-22-13-20(14)23-21(25)19-12-15(2)24(17(19)4)16(3)18-8-6-5-7-9-18;/h5-9,12,14,16,20,22H,10-11,13H2,1-4H3,(H,23,25);1H. The van der Waals surface area contributed by atoms with Crippen LogP contribution in [0, 0.1) is 19.8 Å². The number of amides is 1. The number of hydrogen-bond acceptors (Lipinski definition) is 2. The van der Waals surface area contributed by atoms with E-state index < -0.39 is 0 Å². The van der Waals surface area contributed by atoms with Crippen LogP contribution in [-0.4, -0.2) is 29.6 Å². The highest BCUT2D eigenvalue weighted by atomic mass is 35.5. The monoisotopic (exact) mass is 375 g/mol. The molecule has 1 aliphatic rings. The summed E-state index contributed by atoms with van der Waals surface area (Å²) in [7, 11) is 0. The maximum Gasteiger partial charge on any atom is 0.253 e. The van der Waals surface area contributed by atoms with Gasteiger partial charge in [0.2, 0.25) is 0 Å². The number of halogens is 1. The summed E-state index contributed by atoms with van der Waals surface area (Å²) >= 11 is 0. The molecule has 0 radical (unpaired) electrons. The van der Waals surface area contributed by atoms with Gasteiger partial charge in [-0.05, 0) is 51.3 Å². The summed E-state index contributed by atoms with van der Waals surface area (Å²) in [6.45, 7) is 10.4. The van der Waals surface area contributed by atoms with E-state index in [1.807, 2.05) is 19.1 Å². The van der Waals surface area contributed by atoms with Gasteiger partial charge in [-0.2, -0.15) is 0 Å². The van der Waals surface area contributed by atoms with Gasteiger partial charge in [-0.25, -0.2) is 0 Å². The van der Waals surface area contributed by atoms with Gasteiger partial charge in [0.15, 0.2) is 0 Å². The first kappa shape index (κ1) is 20.5. The summed E-state index contributed by atoms with van der Waals surface area (Å²) in [4.78, 5) is 12.9. The summed E-state index contributed by atoms with van der Waals surface area (Å²) in [6.07, 6.45) is 1.11. The maximum atomic E-state index is 12.9. The Hall–Kier alpha value is -1.78. The number of aromatic nitrogens is 1. The zero-order valence-corrected chi connectivity index (χ0v) is 16.9. The molecule has 0 saturated carbocycles. The first-order chi connectivity index (χ1) is 12.0. The molecule has 0 aliphatic carbocycles. The SMILES string of the molecule is Cc1cc(C(=O)NC2CNCCC2C)c(C)n1C(C)c1ccccc1.Cl. The number of aryl methyl sites for hydroxylation is 1. The molecular formula is C21H30ClN3O. The molecule has 5 heteroatoms. The van der Waals surface area contributed by atoms with Crippen LogP contribution in [-0.2, 0) is 0 Å². The quantitative estimate of drug-likeness (QED) is 0.852. The van der Waals surface area contributed by atoms with Crippen LogP contribution in [0.5, 0.6) is 0 Å². The Labute approximate surface area is 162 Å². The Balaban J connectivity index is 0.00000243. The van der Waals surface area contributed by atoms with Crippen LogP contribution in [0.3, 0.4) is 0 Å². The van der Waals surface area contributed by atoms with E-state index in [4.69, 9.17) is 0 Å². The maximum absolute atomic E-state index is 12.9. The van der Waals surface area contributed by atoms with Crippen LogP contribution in [0.4, 0.5) is 0 Å². The van der Waals surface area contributed by atoms with Crippen molar-refractivity contribution in [2.24, 2.45) is 5.92 Å². The molecule has 3 unspecified atom stereocenters. The van der Waals surface area contributed by atoms with Crippen LogP contribution in [0.1, 0.15) is 53.6 Å².